The maximum atomic E-state index is 12.4. The summed E-state index contributed by atoms with van der Waals surface area (Å²) < 4.78 is 0. The topological polar surface area (TPSA) is 17.1 Å². The number of ketones is 1. The van der Waals surface area contributed by atoms with Crippen molar-refractivity contribution >= 4 is 17.5 Å². The number of thioether (sulfide) groups is 1. The highest BCUT2D eigenvalue weighted by atomic mass is 32.2. The molecule has 0 aromatic carbocycles. The summed E-state index contributed by atoms with van der Waals surface area (Å²) in [6, 6.07) is 0. The highest BCUT2D eigenvalue weighted by Crippen LogP contribution is 2.44. The van der Waals surface area contributed by atoms with Crippen LogP contribution < -0.4 is 0 Å². The zero-order valence-electron chi connectivity index (χ0n) is 12.9. The highest BCUT2D eigenvalue weighted by molar-refractivity contribution is 7.99. The molecule has 0 bridgehead atoms. The molecule has 1 aliphatic rings. The largest absolute Gasteiger partial charge is 0.299 e. The number of Topliss-reactive ketones (excluding diaryl/α,β-unsaturated/α-hetero) is 1. The van der Waals surface area contributed by atoms with Gasteiger partial charge in [-0.15, -0.1) is 6.58 Å². The lowest BCUT2D eigenvalue weighted by Crippen LogP contribution is -2.36. The molecule has 1 rings (SSSR count). The number of unbranched alkanes of at least 4 members (excludes halogenated alkanes) is 1. The standard InChI is InChI=1S/C17H30OS/c1-5-7-9-15(18)14-13-17(3,4)11-10-16(14)19-12-8-6-2/h5,14,16H,1,6-13H2,2-4H3. The molecule has 110 valence electrons. The van der Waals surface area contributed by atoms with Gasteiger partial charge in [0.05, 0.1) is 0 Å². The summed E-state index contributed by atoms with van der Waals surface area (Å²) in [4.78, 5) is 12.4. The van der Waals surface area contributed by atoms with Crippen LogP contribution in [0.15, 0.2) is 12.7 Å². The molecule has 0 N–H and O–H groups in total. The fourth-order valence-electron chi connectivity index (χ4n) is 2.89. The average molecular weight is 282 g/mol. The number of rotatable bonds is 8. The van der Waals surface area contributed by atoms with Crippen molar-refractivity contribution in [2.75, 3.05) is 5.75 Å². The lowest BCUT2D eigenvalue weighted by atomic mass is 9.70. The average Bonchev–Trinajstić information content (AvgIpc) is 2.37. The molecule has 19 heavy (non-hydrogen) atoms. The molecule has 1 saturated carbocycles. The molecule has 2 unspecified atom stereocenters. The van der Waals surface area contributed by atoms with Gasteiger partial charge in [0.2, 0.25) is 0 Å². The number of allylic oxidation sites excluding steroid dienone is 1. The number of carbonyl (C=O) groups excluding carboxylic acids is 1. The van der Waals surface area contributed by atoms with E-state index in [1.54, 1.807) is 0 Å². The van der Waals surface area contributed by atoms with Crippen LogP contribution in [-0.2, 0) is 4.79 Å². The normalized spacial score (nSPS) is 26.1. The van der Waals surface area contributed by atoms with Gasteiger partial charge in [-0.05, 0) is 43.3 Å². The second-order valence-electron chi connectivity index (χ2n) is 6.57. The third-order valence-corrected chi connectivity index (χ3v) is 5.68. The molecule has 0 radical (unpaired) electrons. The van der Waals surface area contributed by atoms with E-state index in [0.29, 0.717) is 22.9 Å². The molecule has 0 saturated heterocycles. The zero-order chi connectivity index (χ0) is 14.3. The van der Waals surface area contributed by atoms with Crippen molar-refractivity contribution in [1.29, 1.82) is 0 Å². The van der Waals surface area contributed by atoms with Crippen molar-refractivity contribution in [1.82, 2.24) is 0 Å². The van der Waals surface area contributed by atoms with Crippen molar-refractivity contribution in [3.05, 3.63) is 12.7 Å². The van der Waals surface area contributed by atoms with E-state index in [0.717, 1.165) is 12.8 Å². The number of carbonyl (C=O) groups is 1. The Kier molecular flexibility index (Phi) is 7.20. The number of hydrogen-bond donors (Lipinski definition) is 0. The second-order valence-corrected chi connectivity index (χ2v) is 7.92. The summed E-state index contributed by atoms with van der Waals surface area (Å²) in [5.74, 6) is 1.97. The van der Waals surface area contributed by atoms with Crippen LogP contribution in [-0.4, -0.2) is 16.8 Å². The first-order chi connectivity index (χ1) is 9.00. The summed E-state index contributed by atoms with van der Waals surface area (Å²) in [5.41, 5.74) is 0.344. The summed E-state index contributed by atoms with van der Waals surface area (Å²) in [5, 5.41) is 0.567. The van der Waals surface area contributed by atoms with Gasteiger partial charge in [-0.3, -0.25) is 4.79 Å². The van der Waals surface area contributed by atoms with Gasteiger partial charge < -0.3 is 0 Å². The van der Waals surface area contributed by atoms with Crippen molar-refractivity contribution in [2.45, 2.75) is 71.0 Å². The Bertz CT molecular complexity index is 296. The van der Waals surface area contributed by atoms with E-state index in [9.17, 15) is 4.79 Å². The molecule has 0 aromatic heterocycles. The lowest BCUT2D eigenvalue weighted by molar-refractivity contribution is -0.124. The van der Waals surface area contributed by atoms with Gasteiger partial charge >= 0.3 is 0 Å². The molecule has 1 nitrogen and oxygen atoms in total. The van der Waals surface area contributed by atoms with E-state index in [1.807, 2.05) is 17.8 Å². The Morgan fingerprint density at radius 3 is 2.84 bits per heavy atom. The van der Waals surface area contributed by atoms with Crippen LogP contribution in [0, 0.1) is 11.3 Å². The highest BCUT2D eigenvalue weighted by Gasteiger charge is 2.38. The molecule has 2 heteroatoms. The SMILES string of the molecule is C=CCCC(=O)C1CC(C)(C)CCC1SCCCC. The van der Waals surface area contributed by atoms with Gasteiger partial charge in [0.25, 0.3) is 0 Å². The molecule has 1 fully saturated rings. The maximum Gasteiger partial charge on any atom is 0.137 e. The molecule has 2 atom stereocenters. The van der Waals surface area contributed by atoms with E-state index in [2.05, 4.69) is 27.4 Å². The fraction of sp³-hybridized carbons (Fsp3) is 0.824. The van der Waals surface area contributed by atoms with Gasteiger partial charge in [0.1, 0.15) is 5.78 Å². The number of hydrogen-bond acceptors (Lipinski definition) is 2. The Morgan fingerprint density at radius 2 is 2.21 bits per heavy atom. The molecule has 0 aromatic rings. The molecule has 0 spiro atoms. The molecule has 0 heterocycles. The van der Waals surface area contributed by atoms with Crippen molar-refractivity contribution < 1.29 is 4.79 Å². The minimum Gasteiger partial charge on any atom is -0.299 e. The van der Waals surface area contributed by atoms with Gasteiger partial charge in [0, 0.05) is 17.6 Å². The second kappa shape index (κ2) is 8.14. The lowest BCUT2D eigenvalue weighted by Gasteiger charge is -2.40. The third kappa shape index (κ3) is 5.72. The van der Waals surface area contributed by atoms with Crippen LogP contribution in [0.25, 0.3) is 0 Å². The van der Waals surface area contributed by atoms with Crippen molar-refractivity contribution in [2.24, 2.45) is 11.3 Å². The van der Waals surface area contributed by atoms with Gasteiger partial charge in [-0.1, -0.05) is 33.3 Å². The minimum absolute atomic E-state index is 0.283. The third-order valence-electron chi connectivity index (χ3n) is 4.17. The molecule has 1 aliphatic carbocycles. The van der Waals surface area contributed by atoms with Gasteiger partial charge in [0.15, 0.2) is 0 Å². The van der Waals surface area contributed by atoms with E-state index >= 15 is 0 Å². The minimum atomic E-state index is 0.283. The maximum absolute atomic E-state index is 12.4. The van der Waals surface area contributed by atoms with Crippen LogP contribution in [0.3, 0.4) is 0 Å². The van der Waals surface area contributed by atoms with E-state index in [1.165, 1.54) is 31.4 Å². The Balaban J connectivity index is 2.60. The van der Waals surface area contributed by atoms with E-state index in [-0.39, 0.29) is 5.92 Å². The smallest absolute Gasteiger partial charge is 0.137 e. The van der Waals surface area contributed by atoms with Gasteiger partial charge in [-0.25, -0.2) is 0 Å². The molecule has 0 amide bonds. The summed E-state index contributed by atoms with van der Waals surface area (Å²) in [7, 11) is 0. The van der Waals surface area contributed by atoms with Crippen LogP contribution in [0.2, 0.25) is 0 Å². The zero-order valence-corrected chi connectivity index (χ0v) is 13.7. The molecular formula is C17H30OS. The monoisotopic (exact) mass is 282 g/mol. The first-order valence-electron chi connectivity index (χ1n) is 7.75. The Labute approximate surface area is 123 Å². The van der Waals surface area contributed by atoms with Crippen molar-refractivity contribution in [3.63, 3.8) is 0 Å². The molecule has 0 aliphatic heterocycles. The fourth-order valence-corrected chi connectivity index (χ4v) is 4.42. The van der Waals surface area contributed by atoms with Gasteiger partial charge in [-0.2, -0.15) is 11.8 Å². The Morgan fingerprint density at radius 1 is 1.47 bits per heavy atom. The predicted molar refractivity (Wildman–Crippen MR) is 86.7 cm³/mol. The first-order valence-corrected chi connectivity index (χ1v) is 8.80. The summed E-state index contributed by atoms with van der Waals surface area (Å²) in [6.07, 6.45) is 9.47. The quantitative estimate of drug-likeness (QED) is 0.447. The van der Waals surface area contributed by atoms with Crippen LogP contribution in [0.4, 0.5) is 0 Å². The van der Waals surface area contributed by atoms with Crippen LogP contribution in [0.1, 0.15) is 65.7 Å². The van der Waals surface area contributed by atoms with Crippen LogP contribution in [0.5, 0.6) is 0 Å². The first kappa shape index (κ1) is 16.8. The summed E-state index contributed by atoms with van der Waals surface area (Å²) in [6.45, 7) is 10.6. The van der Waals surface area contributed by atoms with E-state index < -0.39 is 0 Å². The summed E-state index contributed by atoms with van der Waals surface area (Å²) >= 11 is 2.05. The van der Waals surface area contributed by atoms with E-state index in [4.69, 9.17) is 0 Å². The predicted octanol–water partition coefficient (Wildman–Crippen LogP) is 5.25. The van der Waals surface area contributed by atoms with Crippen molar-refractivity contribution in [3.8, 4) is 0 Å². The molecular weight excluding hydrogens is 252 g/mol. The van der Waals surface area contributed by atoms with Crippen LogP contribution >= 0.6 is 11.8 Å². The Hall–Kier alpha value is -0.240.